The van der Waals surface area contributed by atoms with Gasteiger partial charge in [0.2, 0.25) is 0 Å². The van der Waals surface area contributed by atoms with E-state index in [2.05, 4.69) is 26.6 Å². The van der Waals surface area contributed by atoms with Crippen LogP contribution < -0.4 is 0 Å². The number of allylic oxidation sites excluding steroid dienone is 2. The minimum atomic E-state index is -1.47. The highest BCUT2D eigenvalue weighted by Gasteiger charge is 2.56. The molecule has 0 bridgehead atoms. The maximum atomic E-state index is 11.8. The molecule has 4 rings (SSSR count). The second-order valence-corrected chi connectivity index (χ2v) is 14.6. The fraction of sp³-hybridized carbons (Fsp3) is 0.857. The molecule has 1 unspecified atom stereocenters. The van der Waals surface area contributed by atoms with E-state index in [9.17, 15) is 4.79 Å². The molecule has 0 aromatic rings. The summed E-state index contributed by atoms with van der Waals surface area (Å²) in [5.41, 5.74) is 3.68. The maximum Gasteiger partial charge on any atom is 0.184 e. The number of fused-ring (bicyclic) bond motifs is 4. The smallest absolute Gasteiger partial charge is 0.184 e. The molecule has 0 spiro atoms. The molecule has 0 amide bonds. The molecule has 2 nitrogen and oxygen atoms in total. The number of hydrogen-bond acceptors (Lipinski definition) is 2. The first-order valence-electron chi connectivity index (χ1n) is 10.2. The average molecular weight is 347 g/mol. The highest BCUT2D eigenvalue weighted by Crippen LogP contribution is 2.61. The van der Waals surface area contributed by atoms with E-state index in [1.807, 2.05) is 0 Å². The molecular weight excluding hydrogens is 312 g/mol. The Hall–Kier alpha value is -0.413. The van der Waals surface area contributed by atoms with Gasteiger partial charge in [0.1, 0.15) is 5.78 Å². The molecule has 0 aromatic carbocycles. The second-order valence-electron chi connectivity index (χ2n) is 10.1. The van der Waals surface area contributed by atoms with E-state index in [0.717, 1.165) is 37.0 Å². The van der Waals surface area contributed by atoms with Crippen molar-refractivity contribution in [2.45, 2.75) is 90.5 Å². The van der Waals surface area contributed by atoms with E-state index in [0.29, 0.717) is 17.3 Å². The topological polar surface area (TPSA) is 26.3 Å². The molecule has 5 atom stereocenters. The van der Waals surface area contributed by atoms with Crippen LogP contribution >= 0.6 is 0 Å². The normalized spacial score (nSPS) is 42.6. The third-order valence-electron chi connectivity index (χ3n) is 7.61. The van der Waals surface area contributed by atoms with Gasteiger partial charge in [0.15, 0.2) is 8.32 Å². The largest absolute Gasteiger partial charge is 0.414 e. The van der Waals surface area contributed by atoms with Crippen LogP contribution in [0.2, 0.25) is 19.6 Å². The molecule has 134 valence electrons. The summed E-state index contributed by atoms with van der Waals surface area (Å²) in [4.78, 5) is 11.8. The second kappa shape index (κ2) is 5.80. The summed E-state index contributed by atoms with van der Waals surface area (Å²) in [6.07, 6.45) is 11.0. The lowest BCUT2D eigenvalue weighted by Crippen LogP contribution is -2.48. The lowest BCUT2D eigenvalue weighted by Gasteiger charge is -2.52. The van der Waals surface area contributed by atoms with Gasteiger partial charge in [-0.25, -0.2) is 0 Å². The summed E-state index contributed by atoms with van der Waals surface area (Å²) in [5, 5.41) is 0. The Morgan fingerprint density at radius 2 is 1.83 bits per heavy atom. The molecule has 24 heavy (non-hydrogen) atoms. The first-order valence-corrected chi connectivity index (χ1v) is 13.6. The van der Waals surface area contributed by atoms with Crippen LogP contribution in [0.3, 0.4) is 0 Å². The van der Waals surface area contributed by atoms with Crippen LogP contribution in [0.15, 0.2) is 11.1 Å². The zero-order valence-corrected chi connectivity index (χ0v) is 17.0. The zero-order valence-electron chi connectivity index (χ0n) is 16.0. The van der Waals surface area contributed by atoms with Crippen molar-refractivity contribution in [3.05, 3.63) is 11.1 Å². The third-order valence-corrected chi connectivity index (χ3v) is 8.60. The van der Waals surface area contributed by atoms with Gasteiger partial charge in [0.25, 0.3) is 0 Å². The van der Waals surface area contributed by atoms with Crippen molar-refractivity contribution in [3.63, 3.8) is 0 Å². The van der Waals surface area contributed by atoms with Gasteiger partial charge in [0, 0.05) is 12.8 Å². The van der Waals surface area contributed by atoms with Gasteiger partial charge in [-0.15, -0.1) is 0 Å². The lowest BCUT2D eigenvalue weighted by molar-refractivity contribution is -0.119. The van der Waals surface area contributed by atoms with Gasteiger partial charge in [-0.3, -0.25) is 4.79 Å². The third kappa shape index (κ3) is 2.76. The van der Waals surface area contributed by atoms with Crippen LogP contribution in [-0.4, -0.2) is 20.2 Å². The fourth-order valence-corrected chi connectivity index (χ4v) is 7.86. The number of ketones is 1. The molecule has 0 N–H and O–H groups in total. The number of carbonyl (C=O) groups is 1. The van der Waals surface area contributed by atoms with Crippen molar-refractivity contribution >= 4 is 14.1 Å². The fourth-order valence-electron chi connectivity index (χ4n) is 6.62. The first-order chi connectivity index (χ1) is 11.3. The van der Waals surface area contributed by atoms with E-state index in [1.165, 1.54) is 38.5 Å². The van der Waals surface area contributed by atoms with E-state index < -0.39 is 8.32 Å². The molecule has 4 aliphatic rings. The van der Waals surface area contributed by atoms with Gasteiger partial charge >= 0.3 is 0 Å². The molecule has 2 saturated carbocycles. The predicted molar refractivity (Wildman–Crippen MR) is 100 cm³/mol. The van der Waals surface area contributed by atoms with Crippen molar-refractivity contribution in [2.24, 2.45) is 23.2 Å². The summed E-state index contributed by atoms with van der Waals surface area (Å²) < 4.78 is 6.65. The monoisotopic (exact) mass is 346 g/mol. The SMILES string of the molecule is C[C@]12CC[C@@H]3C4=C(CC[C@H]3[C@@H]1CCC2O[Si](C)(C)C)CC(=O)CC4. The van der Waals surface area contributed by atoms with Crippen LogP contribution in [-0.2, 0) is 9.22 Å². The highest BCUT2D eigenvalue weighted by atomic mass is 28.4. The van der Waals surface area contributed by atoms with E-state index in [-0.39, 0.29) is 0 Å². The summed E-state index contributed by atoms with van der Waals surface area (Å²) in [6.45, 7) is 9.56. The van der Waals surface area contributed by atoms with Crippen molar-refractivity contribution in [3.8, 4) is 0 Å². The molecular formula is C21H34O2Si. The van der Waals surface area contributed by atoms with Gasteiger partial charge in [-0.1, -0.05) is 18.1 Å². The Morgan fingerprint density at radius 3 is 2.58 bits per heavy atom. The molecule has 4 aliphatic carbocycles. The number of Topliss-reactive ketones (excluding diaryl/α,β-unsaturated/α-hetero) is 1. The summed E-state index contributed by atoms with van der Waals surface area (Å²) in [7, 11) is -1.47. The van der Waals surface area contributed by atoms with Gasteiger partial charge in [-0.05, 0) is 87.8 Å². The Kier molecular flexibility index (Phi) is 4.12. The Balaban J connectivity index is 1.57. The Labute approximate surface area is 148 Å². The minimum Gasteiger partial charge on any atom is -0.414 e. The minimum absolute atomic E-state index is 0.407. The van der Waals surface area contributed by atoms with Crippen molar-refractivity contribution in [1.82, 2.24) is 0 Å². The molecule has 0 radical (unpaired) electrons. The van der Waals surface area contributed by atoms with Crippen molar-refractivity contribution in [2.75, 3.05) is 0 Å². The summed E-state index contributed by atoms with van der Waals surface area (Å²) in [6, 6.07) is 0. The van der Waals surface area contributed by atoms with Gasteiger partial charge in [-0.2, -0.15) is 0 Å². The van der Waals surface area contributed by atoms with Crippen LogP contribution in [0.25, 0.3) is 0 Å². The number of hydrogen-bond donors (Lipinski definition) is 0. The Morgan fingerprint density at radius 1 is 1.04 bits per heavy atom. The summed E-state index contributed by atoms with van der Waals surface area (Å²) in [5.74, 6) is 3.00. The van der Waals surface area contributed by atoms with E-state index in [1.54, 1.807) is 11.1 Å². The Bertz CT molecular complexity index is 573. The van der Waals surface area contributed by atoms with E-state index in [4.69, 9.17) is 4.43 Å². The average Bonchev–Trinajstić information content (AvgIpc) is 2.82. The van der Waals surface area contributed by atoms with E-state index >= 15 is 0 Å². The van der Waals surface area contributed by atoms with Gasteiger partial charge < -0.3 is 4.43 Å². The molecule has 0 aliphatic heterocycles. The van der Waals surface area contributed by atoms with Crippen LogP contribution in [0, 0.1) is 23.2 Å². The lowest BCUT2D eigenvalue weighted by atomic mass is 9.54. The van der Waals surface area contributed by atoms with Crippen LogP contribution in [0.1, 0.15) is 64.7 Å². The standard InChI is InChI=1S/C21H34O2Si/c1-21-12-11-17-16-8-6-15(22)13-14(16)5-7-18(17)19(21)9-10-20(21)23-24(2,3)4/h17-20H,5-13H2,1-4H3/t17-,18-,19+,20?,21+/m1/s1. The maximum absolute atomic E-state index is 11.8. The number of carbonyl (C=O) groups excluding carboxylic acids is 1. The molecule has 2 fully saturated rings. The first kappa shape index (κ1) is 17.0. The highest BCUT2D eigenvalue weighted by molar-refractivity contribution is 6.69. The molecule has 0 heterocycles. The molecule has 0 aromatic heterocycles. The van der Waals surface area contributed by atoms with Crippen LogP contribution in [0.5, 0.6) is 0 Å². The van der Waals surface area contributed by atoms with Crippen molar-refractivity contribution in [1.29, 1.82) is 0 Å². The van der Waals surface area contributed by atoms with Crippen LogP contribution in [0.4, 0.5) is 0 Å². The predicted octanol–water partition coefficient (Wildman–Crippen LogP) is 5.49. The molecule has 0 saturated heterocycles. The van der Waals surface area contributed by atoms with Crippen molar-refractivity contribution < 1.29 is 9.22 Å². The van der Waals surface area contributed by atoms with Gasteiger partial charge in [0.05, 0.1) is 6.10 Å². The number of rotatable bonds is 2. The quantitative estimate of drug-likeness (QED) is 0.488. The summed E-state index contributed by atoms with van der Waals surface area (Å²) >= 11 is 0. The zero-order chi connectivity index (χ0) is 17.1. The molecule has 3 heteroatoms.